The van der Waals surface area contributed by atoms with Gasteiger partial charge in [0.25, 0.3) is 5.91 Å². The molecule has 4 aliphatic rings. The summed E-state index contributed by atoms with van der Waals surface area (Å²) < 4.78 is 18.2. The second-order valence-electron chi connectivity index (χ2n) is 8.48. The maximum Gasteiger partial charge on any atom is 0.259 e. The Hall–Kier alpha value is -2.22. The highest BCUT2D eigenvalue weighted by Gasteiger charge is 2.65. The second kappa shape index (κ2) is 6.93. The van der Waals surface area contributed by atoms with E-state index in [1.54, 1.807) is 6.08 Å². The van der Waals surface area contributed by atoms with Crippen molar-refractivity contribution in [3.63, 3.8) is 0 Å². The van der Waals surface area contributed by atoms with Crippen LogP contribution in [-0.2, 0) is 23.8 Å². The molecule has 3 fully saturated rings. The molecule has 0 aromatic heterocycles. The lowest BCUT2D eigenvalue weighted by Gasteiger charge is -2.51. The third kappa shape index (κ3) is 3.37. The van der Waals surface area contributed by atoms with Crippen LogP contribution in [0.2, 0.25) is 0 Å². The van der Waals surface area contributed by atoms with Crippen LogP contribution in [0.4, 0.5) is 0 Å². The average molecular weight is 401 g/mol. The van der Waals surface area contributed by atoms with Gasteiger partial charge in [0.05, 0.1) is 25.4 Å². The number of aliphatic hydroxyl groups is 1. The van der Waals surface area contributed by atoms with Crippen LogP contribution < -0.4 is 5.32 Å². The zero-order valence-electron chi connectivity index (χ0n) is 17.1. The van der Waals surface area contributed by atoms with Gasteiger partial charge in [-0.2, -0.15) is 0 Å². The van der Waals surface area contributed by atoms with Crippen LogP contribution in [0.3, 0.4) is 0 Å². The Labute approximate surface area is 170 Å². The van der Waals surface area contributed by atoms with E-state index >= 15 is 0 Å². The van der Waals surface area contributed by atoms with Crippen molar-refractivity contribution in [1.29, 1.82) is 0 Å². The molecule has 6 atom stereocenters. The number of hydrogen-bond acceptors (Lipinski definition) is 6. The van der Waals surface area contributed by atoms with E-state index in [-0.39, 0.29) is 41.9 Å². The fourth-order valence-electron chi connectivity index (χ4n) is 4.37. The number of hydrogen-bond donors (Lipinski definition) is 2. The minimum absolute atomic E-state index is 0.0269. The van der Waals surface area contributed by atoms with Gasteiger partial charge in [-0.05, 0) is 26.0 Å². The maximum absolute atomic E-state index is 11.7. The molecule has 29 heavy (non-hydrogen) atoms. The molecule has 0 saturated carbocycles. The smallest absolute Gasteiger partial charge is 0.259 e. The summed E-state index contributed by atoms with van der Waals surface area (Å²) in [7, 11) is 0. The third-order valence-corrected chi connectivity index (χ3v) is 6.26. The molecule has 7 heteroatoms. The van der Waals surface area contributed by atoms with Crippen molar-refractivity contribution in [2.75, 3.05) is 13.2 Å². The molecule has 2 bridgehead atoms. The number of carbonyl (C=O) groups is 2. The zero-order valence-corrected chi connectivity index (χ0v) is 17.1. The number of epoxide rings is 1. The van der Waals surface area contributed by atoms with E-state index in [0.29, 0.717) is 6.61 Å². The van der Waals surface area contributed by atoms with Gasteiger partial charge in [-0.25, -0.2) is 0 Å². The lowest BCUT2D eigenvalue weighted by atomic mass is 9.82. The van der Waals surface area contributed by atoms with E-state index in [4.69, 9.17) is 14.2 Å². The largest absolute Gasteiger partial charge is 0.507 e. The van der Waals surface area contributed by atoms with Gasteiger partial charge < -0.3 is 24.6 Å². The number of Topliss-reactive ketones (excluding diaryl/α,β-unsaturated/α-hetero) is 1. The van der Waals surface area contributed by atoms with Crippen LogP contribution >= 0.6 is 0 Å². The summed E-state index contributed by atoms with van der Waals surface area (Å²) >= 11 is 0. The highest BCUT2D eigenvalue weighted by molar-refractivity contribution is 6.25. The SMILES string of the molecule is CC(C=CC(O)=C1C(=O)CNC1=O)=CC(C)C1OC2(C)OC(C=CC23CO3)C1C. The predicted molar refractivity (Wildman–Crippen MR) is 105 cm³/mol. The number of ketones is 1. The lowest BCUT2D eigenvalue weighted by Crippen LogP contribution is -2.61. The Morgan fingerprint density at radius 3 is 2.69 bits per heavy atom. The molecule has 7 nitrogen and oxygen atoms in total. The molecule has 6 unspecified atom stereocenters. The summed E-state index contributed by atoms with van der Waals surface area (Å²) in [6.07, 6.45) is 9.18. The number of nitrogens with one attached hydrogen (secondary N) is 1. The molecule has 1 spiro atoms. The van der Waals surface area contributed by atoms with E-state index in [9.17, 15) is 14.7 Å². The van der Waals surface area contributed by atoms with Gasteiger partial charge >= 0.3 is 0 Å². The first kappa shape index (κ1) is 20.1. The normalized spacial score (nSPS) is 41.8. The predicted octanol–water partition coefficient (Wildman–Crippen LogP) is 2.11. The van der Waals surface area contributed by atoms with Gasteiger partial charge in [0.2, 0.25) is 5.79 Å². The summed E-state index contributed by atoms with van der Waals surface area (Å²) in [4.78, 5) is 23.3. The van der Waals surface area contributed by atoms with Crippen LogP contribution in [0, 0.1) is 11.8 Å². The molecule has 4 rings (SSSR count). The first-order valence-electron chi connectivity index (χ1n) is 9.96. The molecular weight excluding hydrogens is 374 g/mol. The average Bonchev–Trinajstić information content (AvgIpc) is 3.39. The van der Waals surface area contributed by atoms with Gasteiger partial charge in [0, 0.05) is 11.8 Å². The number of fused-ring (bicyclic) bond motifs is 3. The molecule has 4 heterocycles. The fourth-order valence-corrected chi connectivity index (χ4v) is 4.37. The Bertz CT molecular complexity index is 847. The summed E-state index contributed by atoms with van der Waals surface area (Å²) in [6.45, 7) is 8.56. The van der Waals surface area contributed by atoms with Crippen molar-refractivity contribution < 1.29 is 28.9 Å². The van der Waals surface area contributed by atoms with Gasteiger partial charge in [0.1, 0.15) is 11.3 Å². The topological polar surface area (TPSA) is 97.4 Å². The lowest BCUT2D eigenvalue weighted by molar-refractivity contribution is -0.346. The molecule has 4 aliphatic heterocycles. The monoisotopic (exact) mass is 401 g/mol. The minimum atomic E-state index is -0.797. The van der Waals surface area contributed by atoms with Gasteiger partial charge in [-0.15, -0.1) is 0 Å². The number of aliphatic hydroxyl groups excluding tert-OH is 1. The number of ether oxygens (including phenoxy) is 3. The Balaban J connectivity index is 1.49. The van der Waals surface area contributed by atoms with Crippen LogP contribution in [-0.4, -0.2) is 53.5 Å². The Morgan fingerprint density at radius 1 is 1.34 bits per heavy atom. The van der Waals surface area contributed by atoms with Crippen molar-refractivity contribution >= 4 is 11.7 Å². The fraction of sp³-hybridized carbons (Fsp3) is 0.545. The second-order valence-corrected chi connectivity index (χ2v) is 8.48. The summed E-state index contributed by atoms with van der Waals surface area (Å²) in [5.41, 5.74) is 0.221. The van der Waals surface area contributed by atoms with Crippen LogP contribution in [0.1, 0.15) is 27.7 Å². The minimum Gasteiger partial charge on any atom is -0.507 e. The van der Waals surface area contributed by atoms with Crippen molar-refractivity contribution in [2.45, 2.75) is 51.3 Å². The van der Waals surface area contributed by atoms with E-state index in [0.717, 1.165) is 5.57 Å². The van der Waals surface area contributed by atoms with Crippen molar-refractivity contribution in [2.24, 2.45) is 11.8 Å². The number of carbonyl (C=O) groups excluding carboxylic acids is 2. The number of rotatable bonds is 4. The van der Waals surface area contributed by atoms with Crippen molar-refractivity contribution in [3.05, 3.63) is 47.3 Å². The van der Waals surface area contributed by atoms with E-state index in [2.05, 4.69) is 37.4 Å². The first-order chi connectivity index (χ1) is 13.7. The van der Waals surface area contributed by atoms with Crippen LogP contribution in [0.5, 0.6) is 0 Å². The van der Waals surface area contributed by atoms with Gasteiger partial charge in [-0.1, -0.05) is 37.6 Å². The Kier molecular flexibility index (Phi) is 4.80. The highest BCUT2D eigenvalue weighted by Crippen LogP contribution is 2.51. The van der Waals surface area contributed by atoms with E-state index in [1.165, 1.54) is 6.08 Å². The van der Waals surface area contributed by atoms with E-state index in [1.807, 2.05) is 13.8 Å². The van der Waals surface area contributed by atoms with Crippen molar-refractivity contribution in [1.82, 2.24) is 5.32 Å². The number of amides is 1. The molecular formula is C22H27NO6. The van der Waals surface area contributed by atoms with Crippen LogP contribution in [0.15, 0.2) is 47.3 Å². The molecule has 0 radical (unpaired) electrons. The van der Waals surface area contributed by atoms with Gasteiger partial charge in [-0.3, -0.25) is 9.59 Å². The molecule has 3 saturated heterocycles. The molecule has 0 aromatic carbocycles. The maximum atomic E-state index is 11.7. The summed E-state index contributed by atoms with van der Waals surface area (Å²) in [5, 5.41) is 12.5. The molecule has 2 N–H and O–H groups in total. The Morgan fingerprint density at radius 2 is 2.07 bits per heavy atom. The molecule has 0 aliphatic carbocycles. The van der Waals surface area contributed by atoms with E-state index < -0.39 is 23.1 Å². The van der Waals surface area contributed by atoms with Crippen LogP contribution in [0.25, 0.3) is 0 Å². The van der Waals surface area contributed by atoms with Gasteiger partial charge in [0.15, 0.2) is 11.4 Å². The third-order valence-electron chi connectivity index (χ3n) is 6.26. The summed E-state index contributed by atoms with van der Waals surface area (Å²) in [6, 6.07) is 0. The summed E-state index contributed by atoms with van der Waals surface area (Å²) in [5.74, 6) is -1.82. The van der Waals surface area contributed by atoms with Crippen molar-refractivity contribution in [3.8, 4) is 0 Å². The first-order valence-corrected chi connectivity index (χ1v) is 9.96. The number of allylic oxidation sites excluding steroid dienone is 3. The molecule has 1 amide bonds. The standard InChI is InChI=1S/C22H27NO6/c1-12(5-6-15(24)18-16(25)10-23-20(18)26)9-13(2)19-14(3)17-7-8-22(11-27-22)21(4,28-17)29-19/h5-9,13-14,17,19,24H,10-11H2,1-4H3,(H,23,26). The zero-order chi connectivity index (χ0) is 21.0. The quantitative estimate of drug-likeness (QED) is 0.187. The molecule has 156 valence electrons. The molecule has 0 aromatic rings. The highest BCUT2D eigenvalue weighted by atomic mass is 16.8.